The van der Waals surface area contributed by atoms with Gasteiger partial charge < -0.3 is 30.4 Å². The molecule has 0 spiro atoms. The summed E-state index contributed by atoms with van der Waals surface area (Å²) in [7, 11) is 0. The number of nitrogens with zero attached hydrogens (tertiary/aromatic N) is 3. The number of aromatic nitrogens is 3. The molecule has 2 saturated heterocycles. The van der Waals surface area contributed by atoms with Gasteiger partial charge in [-0.05, 0) is 30.9 Å². The summed E-state index contributed by atoms with van der Waals surface area (Å²) in [6, 6.07) is 3.23. The Kier molecular flexibility index (Phi) is 6.43. The van der Waals surface area contributed by atoms with Gasteiger partial charge in [-0.25, -0.2) is 14.4 Å². The number of H-pyrrole nitrogens is 1. The van der Waals surface area contributed by atoms with Crippen LogP contribution in [0.4, 0.5) is 23.2 Å². The van der Waals surface area contributed by atoms with Crippen molar-refractivity contribution in [2.45, 2.75) is 31.2 Å². The van der Waals surface area contributed by atoms with E-state index in [0.717, 1.165) is 24.9 Å². The van der Waals surface area contributed by atoms with Crippen LogP contribution in [-0.4, -0.2) is 64.9 Å². The average Bonchev–Trinajstić information content (AvgIpc) is 3.28. The Bertz CT molecular complexity index is 1270. The number of carbonyl (C=O) groups is 1. The number of likely N-dealkylation sites (tertiary alicyclic amines) is 1. The number of pyridine rings is 1. The predicted molar refractivity (Wildman–Crippen MR) is 121 cm³/mol. The molecular weight excluding hydrogens is 484 g/mol. The fourth-order valence-electron chi connectivity index (χ4n) is 4.74. The third-order valence-electron chi connectivity index (χ3n) is 6.44. The number of halogens is 4. The van der Waals surface area contributed by atoms with Crippen LogP contribution in [0.2, 0.25) is 0 Å². The SMILES string of the molecule is Nc1cc(OC(F)(F)F)ccc1C(=O)N1CCC(c2c(F)cnc3nc(C4CNCCO4)[nH]c23)CC1. The van der Waals surface area contributed by atoms with E-state index in [0.29, 0.717) is 61.6 Å². The van der Waals surface area contributed by atoms with Crippen LogP contribution in [0.25, 0.3) is 11.2 Å². The van der Waals surface area contributed by atoms with Crippen LogP contribution in [0.15, 0.2) is 24.4 Å². The Morgan fingerprint density at radius 1 is 1.25 bits per heavy atom. The fourth-order valence-corrected chi connectivity index (χ4v) is 4.74. The van der Waals surface area contributed by atoms with Gasteiger partial charge in [-0.2, -0.15) is 0 Å². The summed E-state index contributed by atoms with van der Waals surface area (Å²) in [5.74, 6) is -0.957. The molecule has 36 heavy (non-hydrogen) atoms. The van der Waals surface area contributed by atoms with E-state index < -0.39 is 23.8 Å². The molecule has 0 aliphatic carbocycles. The number of morpholine rings is 1. The number of rotatable bonds is 4. The maximum Gasteiger partial charge on any atom is 0.573 e. The number of ether oxygens (including phenoxy) is 2. The molecule has 0 saturated carbocycles. The molecule has 2 aromatic heterocycles. The molecule has 3 aromatic rings. The van der Waals surface area contributed by atoms with Gasteiger partial charge in [0.2, 0.25) is 0 Å². The van der Waals surface area contributed by atoms with Gasteiger partial charge in [-0.1, -0.05) is 0 Å². The van der Waals surface area contributed by atoms with Gasteiger partial charge in [0.15, 0.2) is 5.65 Å². The minimum Gasteiger partial charge on any atom is -0.406 e. The van der Waals surface area contributed by atoms with Crippen LogP contribution >= 0.6 is 0 Å². The molecule has 0 radical (unpaired) electrons. The highest BCUT2D eigenvalue weighted by Crippen LogP contribution is 2.35. The number of benzene rings is 1. The number of piperidine rings is 1. The van der Waals surface area contributed by atoms with Crippen molar-refractivity contribution in [1.82, 2.24) is 25.2 Å². The summed E-state index contributed by atoms with van der Waals surface area (Å²) in [5, 5.41) is 3.23. The summed E-state index contributed by atoms with van der Waals surface area (Å²) < 4.78 is 61.8. The van der Waals surface area contributed by atoms with Gasteiger partial charge >= 0.3 is 6.36 Å². The zero-order chi connectivity index (χ0) is 25.4. The molecule has 0 bridgehead atoms. The first-order valence-electron chi connectivity index (χ1n) is 11.5. The highest BCUT2D eigenvalue weighted by molar-refractivity contribution is 5.99. The van der Waals surface area contributed by atoms with Crippen molar-refractivity contribution in [2.24, 2.45) is 0 Å². The minimum absolute atomic E-state index is 0.0831. The van der Waals surface area contributed by atoms with Crippen molar-refractivity contribution >= 4 is 22.8 Å². The number of aromatic amines is 1. The van der Waals surface area contributed by atoms with Gasteiger partial charge in [0.05, 0.1) is 23.9 Å². The lowest BCUT2D eigenvalue weighted by atomic mass is 9.88. The highest BCUT2D eigenvalue weighted by atomic mass is 19.4. The van der Waals surface area contributed by atoms with E-state index >= 15 is 0 Å². The minimum atomic E-state index is -4.86. The maximum atomic E-state index is 14.9. The van der Waals surface area contributed by atoms with E-state index in [1.807, 2.05) is 0 Å². The van der Waals surface area contributed by atoms with Gasteiger partial charge in [-0.3, -0.25) is 4.79 Å². The van der Waals surface area contributed by atoms with Crippen molar-refractivity contribution < 1.29 is 31.8 Å². The molecule has 2 aliphatic rings. The molecule has 13 heteroatoms. The fraction of sp³-hybridized carbons (Fsp3) is 0.435. The molecule has 2 aliphatic heterocycles. The average molecular weight is 508 g/mol. The molecule has 5 rings (SSSR count). The summed E-state index contributed by atoms with van der Waals surface area (Å²) in [6.45, 7) is 2.53. The molecular formula is C23H24F4N6O3. The lowest BCUT2D eigenvalue weighted by molar-refractivity contribution is -0.274. The number of carbonyl (C=O) groups excluding carboxylic acids is 1. The second kappa shape index (κ2) is 9.54. The van der Waals surface area contributed by atoms with Crippen molar-refractivity contribution in [3.63, 3.8) is 0 Å². The smallest absolute Gasteiger partial charge is 0.406 e. The van der Waals surface area contributed by atoms with Crippen LogP contribution in [0.5, 0.6) is 5.75 Å². The summed E-state index contributed by atoms with van der Waals surface area (Å²) in [4.78, 5) is 26.4. The largest absolute Gasteiger partial charge is 0.573 e. The Morgan fingerprint density at radius 2 is 2.03 bits per heavy atom. The van der Waals surface area contributed by atoms with Gasteiger partial charge in [0.1, 0.15) is 23.5 Å². The van der Waals surface area contributed by atoms with E-state index in [1.165, 1.54) is 6.07 Å². The normalized spacial score (nSPS) is 19.6. The first kappa shape index (κ1) is 24.3. The number of alkyl halides is 3. The number of amides is 1. The quantitative estimate of drug-likeness (QED) is 0.366. The molecule has 1 unspecified atom stereocenters. The molecule has 192 valence electrons. The van der Waals surface area contributed by atoms with E-state index in [1.54, 1.807) is 4.90 Å². The zero-order valence-corrected chi connectivity index (χ0v) is 19.1. The first-order valence-corrected chi connectivity index (χ1v) is 11.5. The second-order valence-electron chi connectivity index (χ2n) is 8.77. The van der Waals surface area contributed by atoms with E-state index in [2.05, 4.69) is 25.0 Å². The number of nitrogen functional groups attached to an aromatic ring is 1. The Hall–Kier alpha value is -3.45. The topological polar surface area (TPSA) is 118 Å². The molecule has 2 fully saturated rings. The Labute approximate surface area is 203 Å². The van der Waals surface area contributed by atoms with Gasteiger partial charge in [-0.15, -0.1) is 13.2 Å². The van der Waals surface area contributed by atoms with Crippen LogP contribution in [-0.2, 0) is 4.74 Å². The number of anilines is 1. The zero-order valence-electron chi connectivity index (χ0n) is 19.1. The van der Waals surface area contributed by atoms with Gasteiger partial charge in [0.25, 0.3) is 5.91 Å². The third-order valence-corrected chi connectivity index (χ3v) is 6.44. The van der Waals surface area contributed by atoms with Crippen LogP contribution in [0.3, 0.4) is 0 Å². The van der Waals surface area contributed by atoms with Gasteiger partial charge in [0, 0.05) is 43.5 Å². The number of imidazole rings is 1. The molecule has 1 atom stereocenters. The lowest BCUT2D eigenvalue weighted by Crippen LogP contribution is -2.38. The molecule has 1 amide bonds. The number of fused-ring (bicyclic) bond motifs is 1. The van der Waals surface area contributed by atoms with Crippen LogP contribution in [0, 0.1) is 5.82 Å². The number of hydrogen-bond acceptors (Lipinski definition) is 7. The van der Waals surface area contributed by atoms with Crippen LogP contribution in [0.1, 0.15) is 46.6 Å². The van der Waals surface area contributed by atoms with Crippen LogP contribution < -0.4 is 15.8 Å². The maximum absolute atomic E-state index is 14.9. The van der Waals surface area contributed by atoms with Crippen molar-refractivity contribution in [2.75, 3.05) is 38.5 Å². The first-order chi connectivity index (χ1) is 17.2. The predicted octanol–water partition coefficient (Wildman–Crippen LogP) is 3.26. The second-order valence-corrected chi connectivity index (χ2v) is 8.77. The van der Waals surface area contributed by atoms with Crippen molar-refractivity contribution in [1.29, 1.82) is 0 Å². The summed E-state index contributed by atoms with van der Waals surface area (Å²) in [5.41, 5.74) is 7.20. The molecule has 4 N–H and O–H groups in total. The third kappa shape index (κ3) is 4.93. The van der Waals surface area contributed by atoms with E-state index in [4.69, 9.17) is 10.5 Å². The van der Waals surface area contributed by atoms with E-state index in [-0.39, 0.29) is 23.3 Å². The lowest BCUT2D eigenvalue weighted by Gasteiger charge is -2.32. The van der Waals surface area contributed by atoms with Crippen molar-refractivity contribution in [3.05, 3.63) is 47.2 Å². The molecule has 4 heterocycles. The number of hydrogen-bond donors (Lipinski definition) is 3. The molecule has 1 aromatic carbocycles. The molecule has 9 nitrogen and oxygen atoms in total. The summed E-state index contributed by atoms with van der Waals surface area (Å²) >= 11 is 0. The number of nitrogens with two attached hydrogens (primary N) is 1. The van der Waals surface area contributed by atoms with Crippen molar-refractivity contribution in [3.8, 4) is 5.75 Å². The highest BCUT2D eigenvalue weighted by Gasteiger charge is 2.33. The standard InChI is InChI=1S/C23H24F4N6O3/c24-15-10-30-21-19(31-20(32-21)17-11-29-5-8-35-17)18(15)12-3-6-33(7-4-12)22(34)14-2-1-13(9-16(14)28)36-23(25,26)27/h1-2,9-10,12,17,29H,3-8,11,28H2,(H,30,31,32). The van der Waals surface area contributed by atoms with E-state index in [9.17, 15) is 22.4 Å². The summed E-state index contributed by atoms with van der Waals surface area (Å²) in [6.07, 6.45) is -3.02. The monoisotopic (exact) mass is 508 g/mol. The number of nitrogens with one attached hydrogen (secondary N) is 2. The Morgan fingerprint density at radius 3 is 2.69 bits per heavy atom. The Balaban J connectivity index is 1.30.